The van der Waals surface area contributed by atoms with Crippen LogP contribution in [0.15, 0.2) is 30.5 Å². The fourth-order valence-electron chi connectivity index (χ4n) is 1.85. The molecule has 1 heterocycles. The highest BCUT2D eigenvalue weighted by Gasteiger charge is 2.02. The van der Waals surface area contributed by atoms with E-state index >= 15 is 0 Å². The van der Waals surface area contributed by atoms with Crippen LogP contribution in [0.3, 0.4) is 0 Å². The third kappa shape index (κ3) is 3.79. The molecule has 0 unspecified atom stereocenters. The Morgan fingerprint density at radius 1 is 1.32 bits per heavy atom. The Morgan fingerprint density at radius 3 is 2.74 bits per heavy atom. The van der Waals surface area contributed by atoms with Gasteiger partial charge in [-0.05, 0) is 43.8 Å². The molecule has 1 aromatic carbocycles. The van der Waals surface area contributed by atoms with Crippen molar-refractivity contribution in [1.82, 2.24) is 15.1 Å². The highest BCUT2D eigenvalue weighted by atomic mass is 32.1. The Hall–Kier alpha value is -1.88. The Kier molecular flexibility index (Phi) is 4.16. The first kappa shape index (κ1) is 13.5. The molecular weight excluding hydrogens is 256 g/mol. The number of benzene rings is 1. The Labute approximate surface area is 118 Å². The summed E-state index contributed by atoms with van der Waals surface area (Å²) in [5.41, 5.74) is 4.42. The van der Waals surface area contributed by atoms with E-state index in [1.54, 1.807) is 4.68 Å². The number of anilines is 1. The second-order valence-corrected chi connectivity index (χ2v) is 5.02. The molecule has 2 N–H and O–H groups in total. The molecule has 0 fully saturated rings. The van der Waals surface area contributed by atoms with Crippen LogP contribution >= 0.6 is 12.2 Å². The van der Waals surface area contributed by atoms with E-state index < -0.39 is 0 Å². The molecule has 0 saturated heterocycles. The predicted octanol–water partition coefficient (Wildman–Crippen LogP) is 2.52. The first-order valence-electron chi connectivity index (χ1n) is 6.15. The summed E-state index contributed by atoms with van der Waals surface area (Å²) >= 11 is 5.28. The van der Waals surface area contributed by atoms with Gasteiger partial charge in [0.05, 0.1) is 12.2 Å². The van der Waals surface area contributed by atoms with Gasteiger partial charge in [-0.15, -0.1) is 0 Å². The standard InChI is InChI=1S/C14H18N4S/c1-10-4-5-13(11(2)8-10)16-14(19)15-9-12-6-7-18(3)17-12/h4-8H,9H2,1-3H3,(H2,15,16,19). The van der Waals surface area contributed by atoms with E-state index in [0.29, 0.717) is 11.7 Å². The van der Waals surface area contributed by atoms with Gasteiger partial charge < -0.3 is 10.6 Å². The van der Waals surface area contributed by atoms with Crippen molar-refractivity contribution >= 4 is 23.0 Å². The van der Waals surface area contributed by atoms with Gasteiger partial charge in [0.25, 0.3) is 0 Å². The molecule has 19 heavy (non-hydrogen) atoms. The monoisotopic (exact) mass is 274 g/mol. The van der Waals surface area contributed by atoms with Crippen molar-refractivity contribution in [2.75, 3.05) is 5.32 Å². The summed E-state index contributed by atoms with van der Waals surface area (Å²) in [6.07, 6.45) is 1.91. The minimum Gasteiger partial charge on any atom is -0.357 e. The number of hydrogen-bond acceptors (Lipinski definition) is 2. The maximum Gasteiger partial charge on any atom is 0.171 e. The van der Waals surface area contributed by atoms with Crippen LogP contribution in [0, 0.1) is 13.8 Å². The number of hydrogen-bond donors (Lipinski definition) is 2. The SMILES string of the molecule is Cc1ccc(NC(=S)NCc2ccn(C)n2)c(C)c1. The number of thiocarbonyl (C=S) groups is 1. The fourth-order valence-corrected chi connectivity index (χ4v) is 2.03. The lowest BCUT2D eigenvalue weighted by molar-refractivity contribution is 0.731. The topological polar surface area (TPSA) is 41.9 Å². The third-order valence-electron chi connectivity index (χ3n) is 2.83. The van der Waals surface area contributed by atoms with Crippen LogP contribution in [0.1, 0.15) is 16.8 Å². The van der Waals surface area contributed by atoms with Gasteiger partial charge in [-0.3, -0.25) is 4.68 Å². The predicted molar refractivity (Wildman–Crippen MR) is 82.2 cm³/mol. The van der Waals surface area contributed by atoms with Crippen molar-refractivity contribution in [2.45, 2.75) is 20.4 Å². The zero-order valence-corrected chi connectivity index (χ0v) is 12.2. The third-order valence-corrected chi connectivity index (χ3v) is 3.08. The molecule has 0 amide bonds. The quantitative estimate of drug-likeness (QED) is 0.844. The van der Waals surface area contributed by atoms with Crippen LogP contribution in [0.5, 0.6) is 0 Å². The molecule has 0 radical (unpaired) electrons. The first-order valence-corrected chi connectivity index (χ1v) is 6.56. The summed E-state index contributed by atoms with van der Waals surface area (Å²) in [6.45, 7) is 4.77. The summed E-state index contributed by atoms with van der Waals surface area (Å²) in [5.74, 6) is 0. The molecule has 2 rings (SSSR count). The van der Waals surface area contributed by atoms with Crippen molar-refractivity contribution in [2.24, 2.45) is 7.05 Å². The van der Waals surface area contributed by atoms with Gasteiger partial charge in [-0.25, -0.2) is 0 Å². The molecular formula is C14H18N4S. The zero-order valence-electron chi connectivity index (χ0n) is 11.4. The minimum absolute atomic E-state index is 0.609. The van der Waals surface area contributed by atoms with Gasteiger partial charge in [0, 0.05) is 18.9 Å². The second-order valence-electron chi connectivity index (χ2n) is 4.61. The van der Waals surface area contributed by atoms with E-state index in [9.17, 15) is 0 Å². The number of aryl methyl sites for hydroxylation is 3. The highest BCUT2D eigenvalue weighted by Crippen LogP contribution is 2.15. The van der Waals surface area contributed by atoms with Gasteiger partial charge in [-0.1, -0.05) is 17.7 Å². The van der Waals surface area contributed by atoms with Crippen LogP contribution < -0.4 is 10.6 Å². The summed E-state index contributed by atoms with van der Waals surface area (Å²) < 4.78 is 1.78. The molecule has 0 aliphatic heterocycles. The van der Waals surface area contributed by atoms with Gasteiger partial charge in [0.2, 0.25) is 0 Å². The lowest BCUT2D eigenvalue weighted by Gasteiger charge is -2.12. The maximum absolute atomic E-state index is 5.28. The Morgan fingerprint density at radius 2 is 2.11 bits per heavy atom. The van der Waals surface area contributed by atoms with Crippen LogP contribution in [-0.4, -0.2) is 14.9 Å². The molecule has 0 aliphatic rings. The Bertz CT molecular complexity index is 589. The van der Waals surface area contributed by atoms with Crippen molar-refractivity contribution < 1.29 is 0 Å². The molecule has 0 saturated carbocycles. The van der Waals surface area contributed by atoms with Crippen molar-refractivity contribution in [3.05, 3.63) is 47.3 Å². The van der Waals surface area contributed by atoms with Gasteiger partial charge in [0.15, 0.2) is 5.11 Å². The summed E-state index contributed by atoms with van der Waals surface area (Å²) in [4.78, 5) is 0. The summed E-state index contributed by atoms with van der Waals surface area (Å²) in [5, 5.41) is 11.2. The van der Waals surface area contributed by atoms with Crippen LogP contribution in [0.2, 0.25) is 0 Å². The van der Waals surface area contributed by atoms with E-state index in [1.807, 2.05) is 25.4 Å². The largest absolute Gasteiger partial charge is 0.357 e. The smallest absolute Gasteiger partial charge is 0.171 e. The van der Waals surface area contributed by atoms with E-state index in [2.05, 4.69) is 41.7 Å². The summed E-state index contributed by atoms with van der Waals surface area (Å²) in [6, 6.07) is 8.20. The van der Waals surface area contributed by atoms with E-state index in [1.165, 1.54) is 11.1 Å². The molecule has 2 aromatic rings. The molecule has 0 spiro atoms. The van der Waals surface area contributed by atoms with Crippen LogP contribution in [-0.2, 0) is 13.6 Å². The molecule has 0 aliphatic carbocycles. The average Bonchev–Trinajstić information content (AvgIpc) is 2.76. The highest BCUT2D eigenvalue weighted by molar-refractivity contribution is 7.80. The molecule has 4 nitrogen and oxygen atoms in total. The summed E-state index contributed by atoms with van der Waals surface area (Å²) in [7, 11) is 1.90. The lowest BCUT2D eigenvalue weighted by Crippen LogP contribution is -2.28. The molecule has 1 aromatic heterocycles. The van der Waals surface area contributed by atoms with E-state index in [-0.39, 0.29) is 0 Å². The molecule has 5 heteroatoms. The molecule has 0 bridgehead atoms. The fraction of sp³-hybridized carbons (Fsp3) is 0.286. The number of aromatic nitrogens is 2. The number of rotatable bonds is 3. The van der Waals surface area contributed by atoms with E-state index in [4.69, 9.17) is 12.2 Å². The van der Waals surface area contributed by atoms with Crippen molar-refractivity contribution in [3.8, 4) is 0 Å². The van der Waals surface area contributed by atoms with Crippen LogP contribution in [0.4, 0.5) is 5.69 Å². The van der Waals surface area contributed by atoms with Crippen molar-refractivity contribution in [1.29, 1.82) is 0 Å². The number of nitrogens with zero attached hydrogens (tertiary/aromatic N) is 2. The Balaban J connectivity index is 1.90. The van der Waals surface area contributed by atoms with Crippen LogP contribution in [0.25, 0.3) is 0 Å². The zero-order chi connectivity index (χ0) is 13.8. The van der Waals surface area contributed by atoms with Gasteiger partial charge in [-0.2, -0.15) is 5.10 Å². The van der Waals surface area contributed by atoms with Crippen molar-refractivity contribution in [3.63, 3.8) is 0 Å². The van der Waals surface area contributed by atoms with Gasteiger partial charge >= 0.3 is 0 Å². The van der Waals surface area contributed by atoms with Gasteiger partial charge in [0.1, 0.15) is 0 Å². The minimum atomic E-state index is 0.609. The average molecular weight is 274 g/mol. The normalized spacial score (nSPS) is 10.3. The van der Waals surface area contributed by atoms with E-state index in [0.717, 1.165) is 11.4 Å². The molecule has 0 atom stereocenters. The second kappa shape index (κ2) is 5.84. The lowest BCUT2D eigenvalue weighted by atomic mass is 10.1. The molecule has 100 valence electrons. The number of nitrogens with one attached hydrogen (secondary N) is 2. The maximum atomic E-state index is 5.28. The first-order chi connectivity index (χ1) is 9.04.